The summed E-state index contributed by atoms with van der Waals surface area (Å²) in [7, 11) is 1.95. The molecular weight excluding hydrogens is 532 g/mol. The molecule has 0 saturated carbocycles. The minimum absolute atomic E-state index is 0.131. The maximum absolute atomic E-state index is 15.5. The summed E-state index contributed by atoms with van der Waals surface area (Å²) >= 11 is 0. The summed E-state index contributed by atoms with van der Waals surface area (Å²) in [5.41, 5.74) is -2.04. The number of nitrogens with zero attached hydrogens (tertiary/aromatic N) is 4. The normalized spacial score (nSPS) is 16.7. The molecule has 2 N–H and O–H groups in total. The minimum atomic E-state index is -4.93. The monoisotopic (exact) mass is 560 g/mol. The zero-order valence-electron chi connectivity index (χ0n) is 21.7. The second-order valence-electron chi connectivity index (χ2n) is 9.72. The van der Waals surface area contributed by atoms with Crippen molar-refractivity contribution in [3.63, 3.8) is 0 Å². The largest absolute Gasteiger partial charge is 0.417 e. The Morgan fingerprint density at radius 3 is 2.40 bits per heavy atom. The molecule has 5 rings (SSSR count). The molecule has 13 heteroatoms. The molecule has 0 bridgehead atoms. The summed E-state index contributed by atoms with van der Waals surface area (Å²) in [5.74, 6) is -0.932. The van der Waals surface area contributed by atoms with Crippen LogP contribution in [-0.4, -0.2) is 80.3 Å². The molecule has 0 spiro atoms. The Kier molecular flexibility index (Phi) is 7.76. The van der Waals surface area contributed by atoms with E-state index in [1.165, 1.54) is 18.3 Å². The van der Waals surface area contributed by atoms with Crippen molar-refractivity contribution in [2.24, 2.45) is 0 Å². The summed E-state index contributed by atoms with van der Waals surface area (Å²) < 4.78 is 61.8. The molecule has 2 aliphatic rings. The number of amides is 1. The van der Waals surface area contributed by atoms with Gasteiger partial charge in [0.25, 0.3) is 5.91 Å². The van der Waals surface area contributed by atoms with E-state index < -0.39 is 34.6 Å². The van der Waals surface area contributed by atoms with E-state index in [0.29, 0.717) is 75.6 Å². The number of morpholine rings is 1. The van der Waals surface area contributed by atoms with Crippen molar-refractivity contribution < 1.29 is 27.1 Å². The van der Waals surface area contributed by atoms with Crippen LogP contribution in [0.2, 0.25) is 0 Å². The summed E-state index contributed by atoms with van der Waals surface area (Å²) in [6.07, 6.45) is -2.67. The minimum Gasteiger partial charge on any atom is -0.378 e. The molecule has 0 aliphatic carbocycles. The van der Waals surface area contributed by atoms with Gasteiger partial charge >= 0.3 is 6.18 Å². The first-order chi connectivity index (χ1) is 19.1. The maximum Gasteiger partial charge on any atom is 0.417 e. The molecule has 2 saturated heterocycles. The third-order valence-corrected chi connectivity index (χ3v) is 7.05. The van der Waals surface area contributed by atoms with Crippen LogP contribution in [0, 0.1) is 5.82 Å². The van der Waals surface area contributed by atoms with Gasteiger partial charge in [0.1, 0.15) is 11.6 Å². The molecule has 0 unspecified atom stereocenters. The third kappa shape index (κ3) is 5.94. The van der Waals surface area contributed by atoms with Crippen LogP contribution in [0.15, 0.2) is 47.5 Å². The predicted molar refractivity (Wildman–Crippen MR) is 142 cm³/mol. The van der Waals surface area contributed by atoms with Crippen LogP contribution in [0.3, 0.4) is 0 Å². The maximum atomic E-state index is 15.5. The fourth-order valence-electron chi connectivity index (χ4n) is 4.80. The number of aromatic nitrogens is 2. The van der Waals surface area contributed by atoms with E-state index in [1.54, 1.807) is 12.1 Å². The number of anilines is 3. The van der Waals surface area contributed by atoms with E-state index >= 15 is 4.39 Å². The van der Waals surface area contributed by atoms with E-state index in [1.807, 2.05) is 16.8 Å². The lowest BCUT2D eigenvalue weighted by Gasteiger charge is -2.35. The van der Waals surface area contributed by atoms with Crippen molar-refractivity contribution >= 4 is 23.1 Å². The molecule has 9 nitrogen and oxygen atoms in total. The first-order valence-electron chi connectivity index (χ1n) is 12.8. The number of nitrogens with one attached hydrogen (secondary N) is 2. The summed E-state index contributed by atoms with van der Waals surface area (Å²) in [6, 6.07) is 6.51. The van der Waals surface area contributed by atoms with E-state index in [2.05, 4.69) is 20.2 Å². The number of ether oxygens (including phenoxy) is 1. The van der Waals surface area contributed by atoms with E-state index in [4.69, 9.17) is 4.74 Å². The number of hydrogen-bond donors (Lipinski definition) is 2. The molecule has 2 aliphatic heterocycles. The number of halogens is 4. The number of likely N-dealkylation sites (N-methyl/N-ethyl adjacent to an activating group) is 1. The number of aromatic amines is 1. The summed E-state index contributed by atoms with van der Waals surface area (Å²) in [4.78, 5) is 37.3. The average molecular weight is 561 g/mol. The Labute approximate surface area is 227 Å². The molecule has 2 fully saturated rings. The lowest BCUT2D eigenvalue weighted by Crippen LogP contribution is -2.44. The number of alkyl halides is 3. The van der Waals surface area contributed by atoms with Gasteiger partial charge in [0.05, 0.1) is 35.7 Å². The molecule has 0 radical (unpaired) electrons. The number of carbonyl (C=O) groups excluding carboxylic acids is 1. The van der Waals surface area contributed by atoms with Crippen molar-refractivity contribution in [1.82, 2.24) is 14.9 Å². The zero-order valence-corrected chi connectivity index (χ0v) is 21.7. The SMILES string of the molecule is CN1CCN(c2cc(F)c(-c3ccc(N4CCOCC4)nc3)cc2NC(=O)c2c[nH]c(=O)cc2C(F)(F)F)CC1. The highest BCUT2D eigenvalue weighted by atomic mass is 19.4. The van der Waals surface area contributed by atoms with Crippen LogP contribution >= 0.6 is 0 Å². The number of hydrogen-bond acceptors (Lipinski definition) is 7. The van der Waals surface area contributed by atoms with Crippen molar-refractivity contribution in [3.8, 4) is 11.1 Å². The Morgan fingerprint density at radius 1 is 1.02 bits per heavy atom. The van der Waals surface area contributed by atoms with Gasteiger partial charge in [-0.05, 0) is 31.3 Å². The highest BCUT2D eigenvalue weighted by Crippen LogP contribution is 2.36. The van der Waals surface area contributed by atoms with Crippen molar-refractivity contribution in [2.75, 3.05) is 74.6 Å². The lowest BCUT2D eigenvalue weighted by atomic mass is 10.0. The van der Waals surface area contributed by atoms with Gasteiger partial charge < -0.3 is 29.7 Å². The molecule has 212 valence electrons. The highest BCUT2D eigenvalue weighted by molar-refractivity contribution is 6.07. The van der Waals surface area contributed by atoms with Crippen molar-refractivity contribution in [3.05, 3.63) is 70.0 Å². The molecule has 40 heavy (non-hydrogen) atoms. The van der Waals surface area contributed by atoms with Crippen molar-refractivity contribution in [2.45, 2.75) is 6.18 Å². The number of piperazine rings is 1. The number of carbonyl (C=O) groups is 1. The molecule has 4 heterocycles. The quantitative estimate of drug-likeness (QED) is 0.462. The van der Waals surface area contributed by atoms with Gasteiger partial charge in [-0.1, -0.05) is 0 Å². The Hall–Kier alpha value is -3.97. The fraction of sp³-hybridized carbons (Fsp3) is 0.370. The number of rotatable bonds is 5. The van der Waals surface area contributed by atoms with Gasteiger partial charge in [0.15, 0.2) is 0 Å². The highest BCUT2D eigenvalue weighted by Gasteiger charge is 2.36. The van der Waals surface area contributed by atoms with Gasteiger partial charge in [-0.2, -0.15) is 13.2 Å². The van der Waals surface area contributed by atoms with Gasteiger partial charge in [-0.15, -0.1) is 0 Å². The molecule has 1 amide bonds. The van der Waals surface area contributed by atoms with Gasteiger partial charge in [-0.3, -0.25) is 9.59 Å². The Bertz CT molecular complexity index is 1430. The van der Waals surface area contributed by atoms with E-state index in [9.17, 15) is 22.8 Å². The van der Waals surface area contributed by atoms with Gasteiger partial charge in [-0.25, -0.2) is 9.37 Å². The second kappa shape index (κ2) is 11.3. The van der Waals surface area contributed by atoms with E-state index in [-0.39, 0.29) is 11.3 Å². The molecule has 2 aromatic heterocycles. The lowest BCUT2D eigenvalue weighted by molar-refractivity contribution is -0.138. The first-order valence-corrected chi connectivity index (χ1v) is 12.8. The second-order valence-corrected chi connectivity index (χ2v) is 9.72. The molecule has 1 aromatic carbocycles. The standard InChI is InChI=1S/C27H28F4N6O3/c1-35-4-6-36(7-5-35)23-14-21(28)18(17-2-3-24(32-15-17)37-8-10-40-11-9-37)12-22(23)34-26(39)19-16-33-25(38)13-20(19)27(29,30)31/h2-3,12-16H,4-11H2,1H3,(H,33,38)(H,34,39). The van der Waals surface area contributed by atoms with Crippen LogP contribution < -0.4 is 20.7 Å². The topological polar surface area (TPSA) is 93.8 Å². The Balaban J connectivity index is 1.52. The van der Waals surface area contributed by atoms with Crippen LogP contribution in [0.1, 0.15) is 15.9 Å². The van der Waals surface area contributed by atoms with E-state index in [0.717, 1.165) is 6.20 Å². The van der Waals surface area contributed by atoms with Crippen LogP contribution in [0.25, 0.3) is 11.1 Å². The van der Waals surface area contributed by atoms with Crippen LogP contribution in [0.5, 0.6) is 0 Å². The van der Waals surface area contributed by atoms with Crippen LogP contribution in [-0.2, 0) is 10.9 Å². The molecule has 3 aromatic rings. The number of H-pyrrole nitrogens is 1. The molecular formula is C27H28F4N6O3. The smallest absolute Gasteiger partial charge is 0.378 e. The first kappa shape index (κ1) is 27.6. The van der Waals surface area contributed by atoms with Gasteiger partial charge in [0, 0.05) is 68.9 Å². The van der Waals surface area contributed by atoms with Crippen LogP contribution in [0.4, 0.5) is 34.8 Å². The zero-order chi connectivity index (χ0) is 28.4. The van der Waals surface area contributed by atoms with Crippen molar-refractivity contribution in [1.29, 1.82) is 0 Å². The Morgan fingerprint density at radius 2 is 1.75 bits per heavy atom. The van der Waals surface area contributed by atoms with Gasteiger partial charge in [0.2, 0.25) is 5.56 Å². The average Bonchev–Trinajstić information content (AvgIpc) is 2.94. The summed E-state index contributed by atoms with van der Waals surface area (Å²) in [6.45, 7) is 4.95. The summed E-state index contributed by atoms with van der Waals surface area (Å²) in [5, 5.41) is 2.54. The third-order valence-electron chi connectivity index (χ3n) is 7.05. The number of pyridine rings is 2. The molecule has 0 atom stereocenters. The fourth-order valence-corrected chi connectivity index (χ4v) is 4.80. The number of benzene rings is 1. The predicted octanol–water partition coefficient (Wildman–Crippen LogP) is 3.44.